The van der Waals surface area contributed by atoms with E-state index in [0.717, 1.165) is 4.90 Å². The Bertz CT molecular complexity index is 1100. The molecule has 1 aromatic heterocycles. The summed E-state index contributed by atoms with van der Waals surface area (Å²) < 4.78 is -0.170. The molecule has 12 nitrogen and oxygen atoms in total. The van der Waals surface area contributed by atoms with Crippen molar-refractivity contribution in [3.63, 3.8) is 0 Å². The van der Waals surface area contributed by atoms with Gasteiger partial charge in [-0.1, -0.05) is 11.8 Å². The molecule has 3 atom stereocenters. The van der Waals surface area contributed by atoms with Crippen LogP contribution in [-0.2, 0) is 21.4 Å². The number of tetrazole rings is 1. The molecule has 15 heteroatoms. The van der Waals surface area contributed by atoms with Crippen LogP contribution in [0.1, 0.15) is 11.1 Å². The summed E-state index contributed by atoms with van der Waals surface area (Å²) in [5.74, 6) is 2.38. The number of carboxylic acids is 1. The van der Waals surface area contributed by atoms with Crippen LogP contribution in [0.2, 0.25) is 0 Å². The molecular weight excluding hydrogens is 454 g/mol. The second-order valence-corrected chi connectivity index (χ2v) is 8.86. The monoisotopic (exact) mass is 467 g/mol. The Kier molecular flexibility index (Phi) is 4.75. The van der Waals surface area contributed by atoms with Crippen molar-refractivity contribution in [3.8, 4) is 11.8 Å². The number of imide groups is 1. The van der Waals surface area contributed by atoms with Crippen LogP contribution in [0.25, 0.3) is 0 Å². The number of urea groups is 1. The SMILES string of the molecule is Cn1nnnc1C(S)C1=C(C(=O)O)N2C(=O)C(N(C(N)=O)C(=O)C3(S)C#C3)C2SC1. The quantitative estimate of drug-likeness (QED) is 0.227. The molecule has 0 spiro atoms. The molecule has 3 heterocycles. The zero-order valence-electron chi connectivity index (χ0n) is 15.1. The van der Waals surface area contributed by atoms with Gasteiger partial charge < -0.3 is 10.8 Å². The lowest BCUT2D eigenvalue weighted by Crippen LogP contribution is -2.73. The number of primary amides is 1. The van der Waals surface area contributed by atoms with Crippen molar-refractivity contribution in [2.75, 3.05) is 5.75 Å². The molecule has 0 saturated carbocycles. The number of carboxylic acid groups (broad SMARTS) is 1. The number of aromatic nitrogens is 4. The number of aliphatic carboxylic acids is 1. The molecule has 156 valence electrons. The molecule has 1 aliphatic carbocycles. The average Bonchev–Trinajstić information content (AvgIpc) is 3.30. The van der Waals surface area contributed by atoms with Gasteiger partial charge in [0.15, 0.2) is 11.9 Å². The Hall–Kier alpha value is -2.70. The minimum atomic E-state index is -1.51. The van der Waals surface area contributed by atoms with Crippen molar-refractivity contribution < 1.29 is 24.3 Å². The number of hydrogen-bond donors (Lipinski definition) is 4. The maximum atomic E-state index is 12.9. The maximum Gasteiger partial charge on any atom is 0.352 e. The molecule has 1 aromatic rings. The van der Waals surface area contributed by atoms with Crippen molar-refractivity contribution in [1.82, 2.24) is 30.0 Å². The first-order valence-corrected chi connectivity index (χ1v) is 10.3. The second kappa shape index (κ2) is 6.93. The summed E-state index contributed by atoms with van der Waals surface area (Å²) in [4.78, 5) is 51.1. The van der Waals surface area contributed by atoms with Crippen molar-refractivity contribution >= 4 is 60.8 Å². The normalized spacial score (nSPS) is 24.2. The van der Waals surface area contributed by atoms with Gasteiger partial charge >= 0.3 is 12.0 Å². The van der Waals surface area contributed by atoms with Gasteiger partial charge in [0.1, 0.15) is 11.1 Å². The molecule has 0 radical (unpaired) electrons. The molecule has 2 aliphatic heterocycles. The largest absolute Gasteiger partial charge is 0.477 e. The van der Waals surface area contributed by atoms with E-state index in [-0.39, 0.29) is 11.4 Å². The molecule has 4 rings (SSSR count). The number of aryl methyl sites for hydroxylation is 1. The van der Waals surface area contributed by atoms with E-state index >= 15 is 0 Å². The first-order valence-electron chi connectivity index (χ1n) is 8.29. The third-order valence-corrected chi connectivity index (χ3v) is 7.05. The van der Waals surface area contributed by atoms with Gasteiger partial charge in [0.05, 0.1) is 5.25 Å². The first-order chi connectivity index (χ1) is 14.1. The Morgan fingerprint density at radius 3 is 2.60 bits per heavy atom. The molecule has 1 saturated heterocycles. The smallest absolute Gasteiger partial charge is 0.352 e. The number of rotatable bonds is 5. The van der Waals surface area contributed by atoms with Crippen LogP contribution in [0.5, 0.6) is 0 Å². The van der Waals surface area contributed by atoms with Crippen LogP contribution in [0, 0.1) is 11.8 Å². The Labute approximate surface area is 184 Å². The van der Waals surface area contributed by atoms with E-state index in [1.165, 1.54) is 16.4 Å². The van der Waals surface area contributed by atoms with E-state index in [4.69, 9.17) is 5.73 Å². The highest BCUT2D eigenvalue weighted by molar-refractivity contribution is 8.00. The van der Waals surface area contributed by atoms with Gasteiger partial charge in [-0.2, -0.15) is 12.6 Å². The van der Waals surface area contributed by atoms with E-state index in [2.05, 4.69) is 52.6 Å². The van der Waals surface area contributed by atoms with Gasteiger partial charge in [-0.15, -0.1) is 29.5 Å². The van der Waals surface area contributed by atoms with Crippen molar-refractivity contribution in [1.29, 1.82) is 0 Å². The van der Waals surface area contributed by atoms with Crippen LogP contribution in [-0.4, -0.2) is 80.8 Å². The Morgan fingerprint density at radius 2 is 2.10 bits per heavy atom. The van der Waals surface area contributed by atoms with Gasteiger partial charge in [0.2, 0.25) is 4.75 Å². The number of amides is 4. The van der Waals surface area contributed by atoms with E-state index in [1.807, 2.05) is 0 Å². The zero-order valence-corrected chi connectivity index (χ0v) is 17.7. The average molecular weight is 468 g/mol. The lowest BCUT2D eigenvalue weighted by molar-refractivity contribution is -0.156. The summed E-state index contributed by atoms with van der Waals surface area (Å²) in [6.45, 7) is 0. The van der Waals surface area contributed by atoms with E-state index in [0.29, 0.717) is 16.3 Å². The standard InChI is InChI=1S/C15H13N7O5S3/c1-20-9(17-18-19-20)8(28)5-4-30-11-7(10(23)21(11)6(5)12(24)25)22(14(16)27)13(26)15(29)2-3-15/h7-8,11,28-29H,4H2,1H3,(H2,16,27)(H,24,25). The summed E-state index contributed by atoms with van der Waals surface area (Å²) in [6.07, 6.45) is 0. The van der Waals surface area contributed by atoms with Crippen LogP contribution in [0.4, 0.5) is 4.79 Å². The molecule has 1 fully saturated rings. The summed E-state index contributed by atoms with van der Waals surface area (Å²) >= 11 is 9.67. The van der Waals surface area contributed by atoms with Crippen molar-refractivity contribution in [3.05, 3.63) is 17.1 Å². The molecule has 0 aromatic carbocycles. The van der Waals surface area contributed by atoms with Gasteiger partial charge in [0.25, 0.3) is 11.8 Å². The topological polar surface area (TPSA) is 165 Å². The number of carbonyl (C=O) groups is 4. The second-order valence-electron chi connectivity index (χ2n) is 6.57. The molecule has 0 bridgehead atoms. The zero-order chi connectivity index (χ0) is 22.0. The number of fused-ring (bicyclic) bond motifs is 1. The number of nitrogens with zero attached hydrogens (tertiary/aromatic N) is 6. The first kappa shape index (κ1) is 20.6. The fourth-order valence-electron chi connectivity index (χ4n) is 3.26. The highest BCUT2D eigenvalue weighted by atomic mass is 32.2. The van der Waals surface area contributed by atoms with Crippen LogP contribution >= 0.6 is 37.0 Å². The number of thioether (sulfide) groups is 1. The van der Waals surface area contributed by atoms with Crippen molar-refractivity contribution in [2.45, 2.75) is 21.4 Å². The van der Waals surface area contributed by atoms with Gasteiger partial charge in [-0.3, -0.25) is 14.5 Å². The molecule has 3 aliphatic rings. The van der Waals surface area contributed by atoms with E-state index < -0.39 is 45.2 Å². The lowest BCUT2D eigenvalue weighted by atomic mass is 9.99. The fraction of sp³-hybridized carbons (Fsp3) is 0.400. The van der Waals surface area contributed by atoms with Crippen molar-refractivity contribution in [2.24, 2.45) is 12.8 Å². The molecule has 3 unspecified atom stereocenters. The molecule has 30 heavy (non-hydrogen) atoms. The summed E-state index contributed by atoms with van der Waals surface area (Å²) in [7, 11) is 1.58. The number of β-lactam (4-membered cyclic amide) rings is 1. The maximum absolute atomic E-state index is 12.9. The third-order valence-electron chi connectivity index (χ3n) is 4.81. The predicted octanol–water partition coefficient (Wildman–Crippen LogP) is -1.60. The highest BCUT2D eigenvalue weighted by Crippen LogP contribution is 2.46. The summed E-state index contributed by atoms with van der Waals surface area (Å²) in [5, 5.41) is 19.2. The van der Waals surface area contributed by atoms with E-state index in [1.54, 1.807) is 7.05 Å². The van der Waals surface area contributed by atoms with Crippen LogP contribution in [0.15, 0.2) is 11.3 Å². The van der Waals surface area contributed by atoms with E-state index in [9.17, 15) is 24.3 Å². The molecule has 3 N–H and O–H groups in total. The lowest BCUT2D eigenvalue weighted by Gasteiger charge is -2.52. The minimum absolute atomic E-state index is 0.150. The summed E-state index contributed by atoms with van der Waals surface area (Å²) in [5.41, 5.74) is 5.36. The number of hydrogen-bond acceptors (Lipinski definition) is 10. The van der Waals surface area contributed by atoms with Gasteiger partial charge in [0, 0.05) is 12.8 Å². The minimum Gasteiger partial charge on any atom is -0.477 e. The number of carbonyl (C=O) groups excluding carboxylic acids is 3. The van der Waals surface area contributed by atoms with Crippen LogP contribution < -0.4 is 5.73 Å². The highest BCUT2D eigenvalue weighted by Gasteiger charge is 2.60. The van der Waals surface area contributed by atoms with Crippen LogP contribution in [0.3, 0.4) is 0 Å². The summed E-state index contributed by atoms with van der Waals surface area (Å²) in [6, 6.07) is -2.41. The third kappa shape index (κ3) is 2.94. The Morgan fingerprint density at radius 1 is 1.43 bits per heavy atom. The van der Waals surface area contributed by atoms with Gasteiger partial charge in [-0.25, -0.2) is 19.2 Å². The molecular formula is C15H13N7O5S3. The number of thiol groups is 2. The van der Waals surface area contributed by atoms with Gasteiger partial charge in [-0.05, 0) is 16.0 Å². The number of nitrogens with two attached hydrogens (primary N) is 1. The predicted molar refractivity (Wildman–Crippen MR) is 108 cm³/mol. The molecule has 4 amide bonds. The Balaban J connectivity index is 1.68. The fourth-order valence-corrected chi connectivity index (χ4v) is 5.42.